The minimum Gasteiger partial charge on any atom is -0.494 e. The number of rotatable bonds is 14. The first kappa shape index (κ1) is 22.2. The molecule has 0 aliphatic carbocycles. The number of carbonyl (C=O) groups is 2. The average Bonchev–Trinajstić information content (AvgIpc) is 2.65. The Kier molecular flexibility index (Phi) is 10.7. The van der Waals surface area contributed by atoms with Crippen molar-refractivity contribution in [2.24, 2.45) is 5.92 Å². The molecule has 4 nitrogen and oxygen atoms in total. The summed E-state index contributed by atoms with van der Waals surface area (Å²) in [5.74, 6) is 0.753. The first-order valence-electron chi connectivity index (χ1n) is 9.95. The van der Waals surface area contributed by atoms with Crippen LogP contribution in [0.4, 0.5) is 5.69 Å². The van der Waals surface area contributed by atoms with Crippen molar-refractivity contribution in [3.63, 3.8) is 0 Å². The van der Waals surface area contributed by atoms with Gasteiger partial charge in [-0.1, -0.05) is 45.6 Å². The van der Waals surface area contributed by atoms with Crippen molar-refractivity contribution in [1.29, 1.82) is 0 Å². The number of benzene rings is 1. The van der Waals surface area contributed by atoms with Crippen LogP contribution in [0.15, 0.2) is 24.3 Å². The molecule has 146 valence electrons. The van der Waals surface area contributed by atoms with Crippen LogP contribution in [0.5, 0.6) is 5.75 Å². The number of ketones is 2. The van der Waals surface area contributed by atoms with Crippen molar-refractivity contribution in [3.8, 4) is 5.75 Å². The maximum absolute atomic E-state index is 11.9. The third kappa shape index (κ3) is 8.03. The third-order valence-electron chi connectivity index (χ3n) is 4.71. The zero-order chi connectivity index (χ0) is 19.4. The Hall–Kier alpha value is -1.84. The van der Waals surface area contributed by atoms with Gasteiger partial charge in [0.2, 0.25) is 0 Å². The lowest BCUT2D eigenvalue weighted by Gasteiger charge is -2.14. The lowest BCUT2D eigenvalue weighted by molar-refractivity contribution is -0.132. The Morgan fingerprint density at radius 1 is 0.962 bits per heavy atom. The van der Waals surface area contributed by atoms with Gasteiger partial charge in [0.15, 0.2) is 0 Å². The third-order valence-corrected chi connectivity index (χ3v) is 4.71. The fourth-order valence-electron chi connectivity index (χ4n) is 3.02. The van der Waals surface area contributed by atoms with Crippen LogP contribution in [-0.2, 0) is 9.59 Å². The minimum absolute atomic E-state index is 0.102. The van der Waals surface area contributed by atoms with Crippen LogP contribution in [-0.4, -0.2) is 32.3 Å². The van der Waals surface area contributed by atoms with Crippen LogP contribution in [0, 0.1) is 5.92 Å². The number of carbonyl (C=O) groups excluding carboxylic acids is 2. The van der Waals surface area contributed by atoms with Gasteiger partial charge in [-0.25, -0.2) is 0 Å². The van der Waals surface area contributed by atoms with Crippen molar-refractivity contribution >= 4 is 17.3 Å². The summed E-state index contributed by atoms with van der Waals surface area (Å²) in [4.78, 5) is 25.8. The molecule has 0 amide bonds. The van der Waals surface area contributed by atoms with E-state index in [0.29, 0.717) is 19.3 Å². The Morgan fingerprint density at radius 3 is 2.19 bits per heavy atom. The van der Waals surface area contributed by atoms with E-state index >= 15 is 0 Å². The van der Waals surface area contributed by atoms with Crippen LogP contribution in [0.2, 0.25) is 0 Å². The SMILES string of the molecule is CCC(=O)C(CCCCCCCOc1cccc(N(C)C)c1)C(=O)CC. The fourth-order valence-corrected chi connectivity index (χ4v) is 3.02. The van der Waals surface area contributed by atoms with Gasteiger partial charge in [-0.05, 0) is 25.0 Å². The highest BCUT2D eigenvalue weighted by Crippen LogP contribution is 2.20. The van der Waals surface area contributed by atoms with Gasteiger partial charge < -0.3 is 9.64 Å². The van der Waals surface area contributed by atoms with Gasteiger partial charge in [-0.3, -0.25) is 9.59 Å². The molecule has 1 aromatic rings. The topological polar surface area (TPSA) is 46.6 Å². The first-order chi connectivity index (χ1) is 12.5. The second kappa shape index (κ2) is 12.5. The van der Waals surface area contributed by atoms with Gasteiger partial charge in [-0.15, -0.1) is 0 Å². The van der Waals surface area contributed by atoms with Crippen LogP contribution in [0.1, 0.15) is 65.2 Å². The summed E-state index contributed by atoms with van der Waals surface area (Å²) in [6, 6.07) is 8.11. The van der Waals surface area contributed by atoms with Crippen LogP contribution in [0.3, 0.4) is 0 Å². The summed E-state index contributed by atoms with van der Waals surface area (Å²) in [6.45, 7) is 4.40. The Bertz CT molecular complexity index is 538. The zero-order valence-electron chi connectivity index (χ0n) is 16.9. The predicted octanol–water partition coefficient (Wildman–Crippen LogP) is 5.05. The molecule has 0 radical (unpaired) electrons. The Labute approximate surface area is 158 Å². The minimum atomic E-state index is -0.364. The van der Waals surface area contributed by atoms with Crippen molar-refractivity contribution in [2.45, 2.75) is 65.2 Å². The van der Waals surface area contributed by atoms with E-state index in [0.717, 1.165) is 50.1 Å². The van der Waals surface area contributed by atoms with E-state index < -0.39 is 0 Å². The summed E-state index contributed by atoms with van der Waals surface area (Å²) in [7, 11) is 4.04. The molecule has 0 bridgehead atoms. The van der Waals surface area contributed by atoms with Crippen molar-refractivity contribution in [2.75, 3.05) is 25.6 Å². The van der Waals surface area contributed by atoms with Crippen molar-refractivity contribution < 1.29 is 14.3 Å². The molecule has 1 aromatic carbocycles. The van der Waals surface area contributed by atoms with E-state index in [9.17, 15) is 9.59 Å². The standard InChI is InChI=1S/C22H35NO3/c1-5-21(24)20(22(25)6-2)15-10-8-7-9-11-16-26-19-14-12-13-18(17-19)23(3)4/h12-14,17,20H,5-11,15-16H2,1-4H3. The zero-order valence-corrected chi connectivity index (χ0v) is 16.9. The molecule has 0 heterocycles. The first-order valence-corrected chi connectivity index (χ1v) is 9.95. The highest BCUT2D eigenvalue weighted by molar-refractivity contribution is 6.02. The predicted molar refractivity (Wildman–Crippen MR) is 108 cm³/mol. The summed E-state index contributed by atoms with van der Waals surface area (Å²) < 4.78 is 5.82. The molecular weight excluding hydrogens is 326 g/mol. The van der Waals surface area contributed by atoms with E-state index in [2.05, 4.69) is 17.0 Å². The Morgan fingerprint density at radius 2 is 1.58 bits per heavy atom. The van der Waals surface area contributed by atoms with E-state index in [1.54, 1.807) is 0 Å². The molecule has 4 heteroatoms. The molecule has 0 aliphatic rings. The molecular formula is C22H35NO3. The second-order valence-corrected chi connectivity index (χ2v) is 6.99. The quantitative estimate of drug-likeness (QED) is 0.344. The summed E-state index contributed by atoms with van der Waals surface area (Å²) >= 11 is 0. The summed E-state index contributed by atoms with van der Waals surface area (Å²) in [6.07, 6.45) is 6.92. The number of ether oxygens (including phenoxy) is 1. The molecule has 26 heavy (non-hydrogen) atoms. The number of hydrogen-bond acceptors (Lipinski definition) is 4. The number of hydrogen-bond donors (Lipinski definition) is 0. The van der Waals surface area contributed by atoms with E-state index in [1.807, 2.05) is 40.1 Å². The fraction of sp³-hybridized carbons (Fsp3) is 0.636. The largest absolute Gasteiger partial charge is 0.494 e. The lowest BCUT2D eigenvalue weighted by Crippen LogP contribution is -2.22. The van der Waals surface area contributed by atoms with Gasteiger partial charge in [0.25, 0.3) is 0 Å². The number of anilines is 1. The van der Waals surface area contributed by atoms with Gasteiger partial charge in [0.05, 0.1) is 12.5 Å². The highest BCUT2D eigenvalue weighted by atomic mass is 16.5. The highest BCUT2D eigenvalue weighted by Gasteiger charge is 2.22. The molecule has 0 aromatic heterocycles. The van der Waals surface area contributed by atoms with E-state index in [4.69, 9.17) is 4.74 Å². The monoisotopic (exact) mass is 361 g/mol. The number of nitrogens with zero attached hydrogens (tertiary/aromatic N) is 1. The molecule has 1 rings (SSSR count). The maximum Gasteiger partial charge on any atom is 0.143 e. The van der Waals surface area contributed by atoms with Crippen LogP contribution < -0.4 is 9.64 Å². The molecule has 0 spiro atoms. The molecule has 0 saturated heterocycles. The normalized spacial score (nSPS) is 10.8. The molecule has 0 fully saturated rings. The van der Waals surface area contributed by atoms with Gasteiger partial charge in [0.1, 0.15) is 17.3 Å². The summed E-state index contributed by atoms with van der Waals surface area (Å²) in [5.41, 5.74) is 1.14. The average molecular weight is 362 g/mol. The van der Waals surface area contributed by atoms with Gasteiger partial charge in [-0.2, -0.15) is 0 Å². The lowest BCUT2D eigenvalue weighted by atomic mass is 9.90. The van der Waals surface area contributed by atoms with Crippen LogP contribution in [0.25, 0.3) is 0 Å². The smallest absolute Gasteiger partial charge is 0.143 e. The summed E-state index contributed by atoms with van der Waals surface area (Å²) in [5, 5.41) is 0. The van der Waals surface area contributed by atoms with Gasteiger partial charge >= 0.3 is 0 Å². The molecule has 0 unspecified atom stereocenters. The molecule has 0 saturated carbocycles. The van der Waals surface area contributed by atoms with Crippen LogP contribution >= 0.6 is 0 Å². The van der Waals surface area contributed by atoms with Crippen molar-refractivity contribution in [3.05, 3.63) is 24.3 Å². The number of Topliss-reactive ketones (excluding diaryl/α,β-unsaturated/α-hetero) is 2. The van der Waals surface area contributed by atoms with E-state index in [-0.39, 0.29) is 17.5 Å². The number of unbranched alkanes of at least 4 members (excludes halogenated alkanes) is 4. The van der Waals surface area contributed by atoms with Gasteiger partial charge in [0, 0.05) is 38.7 Å². The Balaban J connectivity index is 2.16. The van der Waals surface area contributed by atoms with E-state index in [1.165, 1.54) is 0 Å². The maximum atomic E-state index is 11.9. The second-order valence-electron chi connectivity index (χ2n) is 6.99. The molecule has 0 aliphatic heterocycles. The molecule has 0 N–H and O–H groups in total. The molecule has 0 atom stereocenters. The van der Waals surface area contributed by atoms with Crippen molar-refractivity contribution in [1.82, 2.24) is 0 Å².